The van der Waals surface area contributed by atoms with Crippen LogP contribution < -0.4 is 5.73 Å². The smallest absolute Gasteiger partial charge is 0.157 e. The summed E-state index contributed by atoms with van der Waals surface area (Å²) in [5.74, 6) is 1.10. The number of rotatable bonds is 1. The van der Waals surface area contributed by atoms with Crippen molar-refractivity contribution < 1.29 is 0 Å². The van der Waals surface area contributed by atoms with E-state index in [1.807, 2.05) is 13.8 Å². The molecule has 0 saturated heterocycles. The van der Waals surface area contributed by atoms with E-state index in [9.17, 15) is 0 Å². The van der Waals surface area contributed by atoms with Crippen LogP contribution in [-0.2, 0) is 0 Å². The van der Waals surface area contributed by atoms with Gasteiger partial charge in [0, 0.05) is 12.0 Å². The van der Waals surface area contributed by atoms with Crippen molar-refractivity contribution in [3.05, 3.63) is 23.1 Å². The van der Waals surface area contributed by atoms with Crippen LogP contribution in [0.25, 0.3) is 5.65 Å². The molecule has 0 amide bonds. The van der Waals surface area contributed by atoms with Crippen molar-refractivity contribution in [1.29, 1.82) is 0 Å². The Kier molecular flexibility index (Phi) is 2.07. The SMILES string of the molecule is CC(C)c1nc2cc(Cl)c(N)cn2n1. The Morgan fingerprint density at radius 1 is 1.50 bits per heavy atom. The Morgan fingerprint density at radius 2 is 2.21 bits per heavy atom. The highest BCUT2D eigenvalue weighted by Gasteiger charge is 2.08. The van der Waals surface area contributed by atoms with Crippen LogP contribution in [0.2, 0.25) is 5.02 Å². The molecular weight excluding hydrogens is 200 g/mol. The van der Waals surface area contributed by atoms with Crippen LogP contribution in [0, 0.1) is 0 Å². The Balaban J connectivity index is 2.66. The second-order valence-electron chi connectivity index (χ2n) is 3.50. The molecule has 0 aliphatic heterocycles. The average molecular weight is 211 g/mol. The zero-order valence-corrected chi connectivity index (χ0v) is 8.78. The number of halogens is 1. The lowest BCUT2D eigenvalue weighted by atomic mass is 10.2. The minimum Gasteiger partial charge on any atom is -0.396 e. The fourth-order valence-electron chi connectivity index (χ4n) is 1.18. The largest absolute Gasteiger partial charge is 0.396 e. The first kappa shape index (κ1) is 9.27. The van der Waals surface area contributed by atoms with Crippen LogP contribution in [0.1, 0.15) is 25.6 Å². The van der Waals surface area contributed by atoms with Crippen LogP contribution in [-0.4, -0.2) is 14.6 Å². The molecule has 74 valence electrons. The molecule has 0 fully saturated rings. The van der Waals surface area contributed by atoms with Gasteiger partial charge in [0.1, 0.15) is 0 Å². The van der Waals surface area contributed by atoms with Gasteiger partial charge in [0.2, 0.25) is 0 Å². The van der Waals surface area contributed by atoms with Crippen molar-refractivity contribution >= 4 is 22.9 Å². The predicted octanol–water partition coefficient (Wildman–Crippen LogP) is 2.09. The Morgan fingerprint density at radius 3 is 2.86 bits per heavy atom. The van der Waals surface area contributed by atoms with Crippen molar-refractivity contribution in [3.63, 3.8) is 0 Å². The minimum absolute atomic E-state index is 0.301. The third-order valence-corrected chi connectivity index (χ3v) is 2.31. The maximum absolute atomic E-state index is 5.87. The van der Waals surface area contributed by atoms with E-state index < -0.39 is 0 Å². The zero-order valence-electron chi connectivity index (χ0n) is 8.03. The average Bonchev–Trinajstić information content (AvgIpc) is 2.48. The molecule has 0 atom stereocenters. The van der Waals surface area contributed by atoms with Crippen LogP contribution in [0.15, 0.2) is 12.3 Å². The summed E-state index contributed by atoms with van der Waals surface area (Å²) in [4.78, 5) is 4.33. The second kappa shape index (κ2) is 3.13. The van der Waals surface area contributed by atoms with Gasteiger partial charge in [0.25, 0.3) is 0 Å². The third-order valence-electron chi connectivity index (χ3n) is 1.98. The predicted molar refractivity (Wildman–Crippen MR) is 56.5 cm³/mol. The Hall–Kier alpha value is -1.29. The molecule has 0 spiro atoms. The summed E-state index contributed by atoms with van der Waals surface area (Å²) in [5.41, 5.74) is 6.89. The maximum atomic E-state index is 5.87. The lowest BCUT2D eigenvalue weighted by molar-refractivity contribution is 0.765. The van der Waals surface area contributed by atoms with Crippen molar-refractivity contribution in [2.45, 2.75) is 19.8 Å². The number of fused-ring (bicyclic) bond motifs is 1. The highest BCUT2D eigenvalue weighted by atomic mass is 35.5. The van der Waals surface area contributed by atoms with Crippen LogP contribution in [0.4, 0.5) is 5.69 Å². The molecule has 14 heavy (non-hydrogen) atoms. The normalized spacial score (nSPS) is 11.4. The molecule has 2 N–H and O–H groups in total. The Bertz CT molecular complexity index is 436. The van der Waals surface area contributed by atoms with E-state index in [2.05, 4.69) is 10.1 Å². The summed E-state index contributed by atoms with van der Waals surface area (Å²) in [6.45, 7) is 4.08. The van der Waals surface area contributed by atoms with Crippen LogP contribution >= 0.6 is 11.6 Å². The van der Waals surface area contributed by atoms with Gasteiger partial charge in [-0.15, -0.1) is 0 Å². The number of pyridine rings is 1. The van der Waals surface area contributed by atoms with Gasteiger partial charge in [-0.25, -0.2) is 9.50 Å². The number of hydrogen-bond donors (Lipinski definition) is 1. The summed E-state index contributed by atoms with van der Waals surface area (Å²) in [5, 5.41) is 4.80. The molecule has 5 heteroatoms. The van der Waals surface area contributed by atoms with E-state index in [1.165, 1.54) is 0 Å². The molecule has 2 aromatic rings. The van der Waals surface area contributed by atoms with E-state index in [1.54, 1.807) is 16.8 Å². The van der Waals surface area contributed by atoms with Crippen molar-refractivity contribution in [2.24, 2.45) is 0 Å². The zero-order chi connectivity index (χ0) is 10.3. The summed E-state index contributed by atoms with van der Waals surface area (Å²) in [6.07, 6.45) is 1.68. The van der Waals surface area contributed by atoms with Gasteiger partial charge >= 0.3 is 0 Å². The third kappa shape index (κ3) is 1.42. The fraction of sp³-hybridized carbons (Fsp3) is 0.333. The van der Waals surface area contributed by atoms with Gasteiger partial charge < -0.3 is 5.73 Å². The monoisotopic (exact) mass is 210 g/mol. The summed E-state index contributed by atoms with van der Waals surface area (Å²) < 4.78 is 1.65. The first-order valence-corrected chi connectivity index (χ1v) is 4.77. The van der Waals surface area contributed by atoms with E-state index in [0.29, 0.717) is 16.6 Å². The van der Waals surface area contributed by atoms with Gasteiger partial charge in [-0.1, -0.05) is 25.4 Å². The lowest BCUT2D eigenvalue weighted by Gasteiger charge is -1.96. The molecule has 0 aliphatic carbocycles. The van der Waals surface area contributed by atoms with E-state index >= 15 is 0 Å². The fourth-order valence-corrected chi connectivity index (χ4v) is 1.33. The molecule has 4 nitrogen and oxygen atoms in total. The van der Waals surface area contributed by atoms with Gasteiger partial charge in [-0.2, -0.15) is 5.10 Å². The number of hydrogen-bond acceptors (Lipinski definition) is 3. The summed E-state index contributed by atoms with van der Waals surface area (Å²) in [6, 6.07) is 1.72. The molecule has 2 heterocycles. The quantitative estimate of drug-likeness (QED) is 0.784. The number of nitrogens with zero attached hydrogens (tertiary/aromatic N) is 3. The number of aromatic nitrogens is 3. The Labute approximate surface area is 86.7 Å². The molecule has 0 radical (unpaired) electrons. The number of anilines is 1. The van der Waals surface area contributed by atoms with Crippen LogP contribution in [0.5, 0.6) is 0 Å². The van der Waals surface area contributed by atoms with Gasteiger partial charge in [-0.3, -0.25) is 0 Å². The van der Waals surface area contributed by atoms with Gasteiger partial charge in [0.15, 0.2) is 11.5 Å². The van der Waals surface area contributed by atoms with Gasteiger partial charge in [0.05, 0.1) is 16.9 Å². The molecular formula is C9H11ClN4. The molecule has 0 bridgehead atoms. The molecule has 0 saturated carbocycles. The first-order chi connectivity index (χ1) is 6.58. The molecule has 0 unspecified atom stereocenters. The highest BCUT2D eigenvalue weighted by molar-refractivity contribution is 6.33. The van der Waals surface area contributed by atoms with Crippen molar-refractivity contribution in [3.8, 4) is 0 Å². The summed E-state index contributed by atoms with van der Waals surface area (Å²) in [7, 11) is 0. The molecule has 0 aliphatic rings. The molecule has 0 aromatic carbocycles. The van der Waals surface area contributed by atoms with Crippen LogP contribution in [0.3, 0.4) is 0 Å². The number of nitrogen functional groups attached to an aromatic ring is 1. The highest BCUT2D eigenvalue weighted by Crippen LogP contribution is 2.20. The molecule has 2 rings (SSSR count). The van der Waals surface area contributed by atoms with E-state index in [0.717, 1.165) is 11.5 Å². The minimum atomic E-state index is 0.301. The standard InChI is InChI=1S/C9H11ClN4/c1-5(2)9-12-8-3-6(10)7(11)4-14(8)13-9/h3-5H,11H2,1-2H3. The molecule has 2 aromatic heterocycles. The van der Waals surface area contributed by atoms with Crippen molar-refractivity contribution in [2.75, 3.05) is 5.73 Å². The lowest BCUT2D eigenvalue weighted by Crippen LogP contribution is -1.94. The van der Waals surface area contributed by atoms with E-state index in [-0.39, 0.29) is 0 Å². The second-order valence-corrected chi connectivity index (χ2v) is 3.91. The van der Waals surface area contributed by atoms with Gasteiger partial charge in [-0.05, 0) is 0 Å². The number of nitrogens with two attached hydrogens (primary N) is 1. The maximum Gasteiger partial charge on any atom is 0.157 e. The summed E-state index contributed by atoms with van der Waals surface area (Å²) >= 11 is 5.87. The topological polar surface area (TPSA) is 56.2 Å². The van der Waals surface area contributed by atoms with Crippen molar-refractivity contribution in [1.82, 2.24) is 14.6 Å². The first-order valence-electron chi connectivity index (χ1n) is 4.39. The van der Waals surface area contributed by atoms with E-state index in [4.69, 9.17) is 17.3 Å².